The van der Waals surface area contributed by atoms with Crippen molar-refractivity contribution in [2.24, 2.45) is 0 Å². The molecule has 0 unspecified atom stereocenters. The molecule has 0 spiro atoms. The fourth-order valence-corrected chi connectivity index (χ4v) is 5.48. The lowest BCUT2D eigenvalue weighted by Gasteiger charge is -2.13. The first-order valence-corrected chi connectivity index (χ1v) is 13.9. The van der Waals surface area contributed by atoms with Gasteiger partial charge in [0.2, 0.25) is 5.28 Å². The monoisotopic (exact) mass is 545 g/mol. The summed E-state index contributed by atoms with van der Waals surface area (Å²) in [6.07, 6.45) is 0. The van der Waals surface area contributed by atoms with Gasteiger partial charge in [0.15, 0.2) is 11.6 Å². The third kappa shape index (κ3) is 5.00. The molecule has 7 aromatic rings. The van der Waals surface area contributed by atoms with Crippen LogP contribution in [0, 0.1) is 0 Å². The molecule has 4 heteroatoms. The van der Waals surface area contributed by atoms with E-state index in [9.17, 15) is 0 Å². The largest absolute Gasteiger partial charge is 0.226 e. The van der Waals surface area contributed by atoms with Crippen LogP contribution in [0.3, 0.4) is 0 Å². The summed E-state index contributed by atoms with van der Waals surface area (Å²) >= 11 is 6.41. The van der Waals surface area contributed by atoms with Gasteiger partial charge < -0.3 is 0 Å². The van der Waals surface area contributed by atoms with E-state index in [1.165, 1.54) is 27.5 Å². The molecular weight excluding hydrogens is 522 g/mol. The second kappa shape index (κ2) is 10.8. The fourth-order valence-electron chi connectivity index (χ4n) is 5.32. The van der Waals surface area contributed by atoms with Gasteiger partial charge in [-0.05, 0) is 61.8 Å². The lowest BCUT2D eigenvalue weighted by Crippen LogP contribution is -1.97. The molecule has 194 valence electrons. The summed E-state index contributed by atoms with van der Waals surface area (Å²) in [6, 6.07) is 50.2. The van der Waals surface area contributed by atoms with Crippen molar-refractivity contribution in [3.05, 3.63) is 151 Å². The van der Waals surface area contributed by atoms with Gasteiger partial charge in [0.1, 0.15) is 0 Å². The van der Waals surface area contributed by atoms with E-state index in [0.717, 1.165) is 27.8 Å². The van der Waals surface area contributed by atoms with Crippen LogP contribution in [0.2, 0.25) is 5.28 Å². The summed E-state index contributed by atoms with van der Waals surface area (Å²) in [5.41, 5.74) is 8.71. The maximum Gasteiger partial charge on any atom is 0.226 e. The Labute approximate surface area is 243 Å². The van der Waals surface area contributed by atoms with Crippen molar-refractivity contribution in [3.63, 3.8) is 0 Å². The van der Waals surface area contributed by atoms with Gasteiger partial charge in [0.25, 0.3) is 0 Å². The number of halogens is 1. The maximum absolute atomic E-state index is 6.41. The first kappa shape index (κ1) is 24.9. The van der Waals surface area contributed by atoms with E-state index in [1.54, 1.807) is 0 Å². The van der Waals surface area contributed by atoms with Gasteiger partial charge in [-0.25, -0.2) is 4.98 Å². The standard InChI is InChI=1S/C37H24ClN3/c38-37-40-35(39-36(41-37)31-17-7-16-30(24-31)25-10-3-1-4-11-25)29-22-20-27(21-23-29)33-19-9-15-28-14-8-18-32(34(28)33)26-12-5-2-6-13-26/h1-24H. The average Bonchev–Trinajstić information content (AvgIpc) is 3.05. The second-order valence-electron chi connectivity index (χ2n) is 9.85. The van der Waals surface area contributed by atoms with Crippen molar-refractivity contribution < 1.29 is 0 Å². The molecule has 7 rings (SSSR count). The molecule has 1 heterocycles. The van der Waals surface area contributed by atoms with Crippen molar-refractivity contribution in [3.8, 4) is 56.2 Å². The Morgan fingerprint density at radius 3 is 1.51 bits per heavy atom. The lowest BCUT2D eigenvalue weighted by molar-refractivity contribution is 1.07. The first-order chi connectivity index (χ1) is 20.2. The number of hydrogen-bond donors (Lipinski definition) is 0. The van der Waals surface area contributed by atoms with Crippen molar-refractivity contribution in [1.82, 2.24) is 15.0 Å². The molecule has 6 aromatic carbocycles. The molecule has 0 radical (unpaired) electrons. The Morgan fingerprint density at radius 2 is 0.854 bits per heavy atom. The van der Waals surface area contributed by atoms with E-state index in [0.29, 0.717) is 11.6 Å². The number of nitrogens with zero attached hydrogens (tertiary/aromatic N) is 3. The number of benzene rings is 6. The highest BCUT2D eigenvalue weighted by Crippen LogP contribution is 2.37. The lowest BCUT2D eigenvalue weighted by atomic mass is 9.91. The van der Waals surface area contributed by atoms with Crippen LogP contribution in [0.15, 0.2) is 146 Å². The molecule has 1 aromatic heterocycles. The third-order valence-electron chi connectivity index (χ3n) is 7.28. The molecule has 3 nitrogen and oxygen atoms in total. The van der Waals surface area contributed by atoms with Crippen molar-refractivity contribution in [1.29, 1.82) is 0 Å². The van der Waals surface area contributed by atoms with Crippen LogP contribution >= 0.6 is 11.6 Å². The van der Waals surface area contributed by atoms with E-state index in [-0.39, 0.29) is 5.28 Å². The highest BCUT2D eigenvalue weighted by Gasteiger charge is 2.13. The van der Waals surface area contributed by atoms with E-state index in [2.05, 4.69) is 119 Å². The first-order valence-electron chi connectivity index (χ1n) is 13.5. The average molecular weight is 546 g/mol. The molecule has 0 N–H and O–H groups in total. The highest BCUT2D eigenvalue weighted by atomic mass is 35.5. The highest BCUT2D eigenvalue weighted by molar-refractivity contribution is 6.28. The molecule has 41 heavy (non-hydrogen) atoms. The predicted molar refractivity (Wildman–Crippen MR) is 170 cm³/mol. The van der Waals surface area contributed by atoms with E-state index in [1.807, 2.05) is 36.4 Å². The summed E-state index contributed by atoms with van der Waals surface area (Å²) in [5, 5.41) is 2.61. The molecule has 0 fully saturated rings. The molecule has 0 amide bonds. The summed E-state index contributed by atoms with van der Waals surface area (Å²) in [6.45, 7) is 0. The van der Waals surface area contributed by atoms with Crippen molar-refractivity contribution in [2.75, 3.05) is 0 Å². The zero-order chi connectivity index (χ0) is 27.6. The summed E-state index contributed by atoms with van der Waals surface area (Å²) < 4.78 is 0. The van der Waals surface area contributed by atoms with Crippen LogP contribution in [-0.2, 0) is 0 Å². The SMILES string of the molecule is Clc1nc(-c2ccc(-c3cccc4cccc(-c5ccccc5)c34)cc2)nc(-c2cccc(-c3ccccc3)c2)n1. The Hall–Kier alpha value is -5.12. The zero-order valence-corrected chi connectivity index (χ0v) is 22.8. The van der Waals surface area contributed by atoms with Gasteiger partial charge in [0.05, 0.1) is 0 Å². The second-order valence-corrected chi connectivity index (χ2v) is 10.2. The van der Waals surface area contributed by atoms with Crippen molar-refractivity contribution >= 4 is 22.4 Å². The number of hydrogen-bond acceptors (Lipinski definition) is 3. The predicted octanol–water partition coefficient (Wildman–Crippen LogP) is 10.0. The summed E-state index contributed by atoms with van der Waals surface area (Å²) in [4.78, 5) is 13.7. The fraction of sp³-hybridized carbons (Fsp3) is 0. The Morgan fingerprint density at radius 1 is 0.366 bits per heavy atom. The molecule has 0 aliphatic carbocycles. The smallest absolute Gasteiger partial charge is 0.208 e. The molecule has 0 saturated heterocycles. The molecule has 0 atom stereocenters. The molecule has 0 saturated carbocycles. The van der Waals surface area contributed by atoms with Crippen LogP contribution in [0.5, 0.6) is 0 Å². The minimum atomic E-state index is 0.167. The third-order valence-corrected chi connectivity index (χ3v) is 7.45. The normalized spacial score (nSPS) is 11.0. The molecule has 0 bridgehead atoms. The number of aromatic nitrogens is 3. The minimum Gasteiger partial charge on any atom is -0.208 e. The van der Waals surface area contributed by atoms with Gasteiger partial charge in [-0.2, -0.15) is 9.97 Å². The van der Waals surface area contributed by atoms with Crippen LogP contribution in [0.25, 0.3) is 66.9 Å². The summed E-state index contributed by atoms with van der Waals surface area (Å²) in [7, 11) is 0. The van der Waals surface area contributed by atoms with Gasteiger partial charge in [0, 0.05) is 11.1 Å². The van der Waals surface area contributed by atoms with Crippen LogP contribution in [0.1, 0.15) is 0 Å². The van der Waals surface area contributed by atoms with Gasteiger partial charge in [-0.1, -0.05) is 140 Å². The number of fused-ring (bicyclic) bond motifs is 1. The molecule has 0 aliphatic rings. The van der Waals surface area contributed by atoms with Gasteiger partial charge in [-0.15, -0.1) is 0 Å². The molecular formula is C37H24ClN3. The van der Waals surface area contributed by atoms with Crippen LogP contribution in [-0.4, -0.2) is 15.0 Å². The van der Waals surface area contributed by atoms with Crippen molar-refractivity contribution in [2.45, 2.75) is 0 Å². The van der Waals surface area contributed by atoms with Gasteiger partial charge in [-0.3, -0.25) is 0 Å². The van der Waals surface area contributed by atoms with E-state index in [4.69, 9.17) is 16.6 Å². The topological polar surface area (TPSA) is 38.7 Å². The Kier molecular flexibility index (Phi) is 6.56. The van der Waals surface area contributed by atoms with E-state index >= 15 is 0 Å². The minimum absolute atomic E-state index is 0.167. The Balaban J connectivity index is 1.27. The summed E-state index contributed by atoms with van der Waals surface area (Å²) in [5.74, 6) is 1.09. The van der Waals surface area contributed by atoms with Crippen LogP contribution < -0.4 is 0 Å². The van der Waals surface area contributed by atoms with Gasteiger partial charge >= 0.3 is 0 Å². The Bertz CT molecular complexity index is 1980. The number of rotatable bonds is 5. The quantitative estimate of drug-likeness (QED) is 0.216. The van der Waals surface area contributed by atoms with Crippen LogP contribution in [0.4, 0.5) is 0 Å². The molecule has 0 aliphatic heterocycles. The van der Waals surface area contributed by atoms with E-state index < -0.39 is 0 Å². The maximum atomic E-state index is 6.41. The zero-order valence-electron chi connectivity index (χ0n) is 22.1.